The second kappa shape index (κ2) is 6.01. The highest BCUT2D eigenvalue weighted by Crippen LogP contribution is 2.27. The van der Waals surface area contributed by atoms with Gasteiger partial charge < -0.3 is 10.0 Å². The lowest BCUT2D eigenvalue weighted by Crippen LogP contribution is -2.46. The van der Waals surface area contributed by atoms with Crippen molar-refractivity contribution in [1.82, 2.24) is 4.90 Å². The van der Waals surface area contributed by atoms with Crippen molar-refractivity contribution in [2.75, 3.05) is 19.6 Å². The van der Waals surface area contributed by atoms with Gasteiger partial charge in [0.15, 0.2) is 0 Å². The predicted molar refractivity (Wildman–Crippen MR) is 71.7 cm³/mol. The molecule has 0 spiro atoms. The van der Waals surface area contributed by atoms with Crippen molar-refractivity contribution in [3.63, 3.8) is 0 Å². The number of hydrogen-bond donors (Lipinski definition) is 1. The summed E-state index contributed by atoms with van der Waals surface area (Å²) in [5, 5.41) is 8.64. The molecule has 2 rings (SSSR count). The molecule has 1 heterocycles. The number of benzene rings is 1. The molecule has 3 nitrogen and oxygen atoms in total. The highest BCUT2D eigenvalue weighted by molar-refractivity contribution is 5.66. The zero-order chi connectivity index (χ0) is 13.0. The third-order valence-electron chi connectivity index (χ3n) is 3.65. The van der Waals surface area contributed by atoms with Crippen LogP contribution >= 0.6 is 0 Å². The Morgan fingerprint density at radius 2 is 2.06 bits per heavy atom. The van der Waals surface area contributed by atoms with Crippen LogP contribution in [0.3, 0.4) is 0 Å². The molecule has 0 bridgehead atoms. The largest absolute Gasteiger partial charge is 0.481 e. The summed E-state index contributed by atoms with van der Waals surface area (Å²) in [6.07, 6.45) is 1.07. The Morgan fingerprint density at radius 3 is 2.67 bits per heavy atom. The Balaban J connectivity index is 1.68. The molecule has 1 aliphatic heterocycles. The van der Waals surface area contributed by atoms with Gasteiger partial charge in [-0.1, -0.05) is 37.3 Å². The van der Waals surface area contributed by atoms with Gasteiger partial charge in [-0.2, -0.15) is 0 Å². The maximum Gasteiger partial charge on any atom is 0.303 e. The monoisotopic (exact) mass is 247 g/mol. The summed E-state index contributed by atoms with van der Waals surface area (Å²) in [7, 11) is 0. The van der Waals surface area contributed by atoms with Crippen molar-refractivity contribution in [2.24, 2.45) is 5.92 Å². The summed E-state index contributed by atoms with van der Waals surface area (Å²) in [4.78, 5) is 12.9. The van der Waals surface area contributed by atoms with Crippen LogP contribution in [0.5, 0.6) is 0 Å². The van der Waals surface area contributed by atoms with Gasteiger partial charge in [0.05, 0.1) is 0 Å². The number of hydrogen-bond acceptors (Lipinski definition) is 2. The number of rotatable bonds is 6. The molecule has 0 aliphatic carbocycles. The van der Waals surface area contributed by atoms with Gasteiger partial charge in [-0.15, -0.1) is 0 Å². The van der Waals surface area contributed by atoms with Gasteiger partial charge in [0.2, 0.25) is 0 Å². The maximum atomic E-state index is 10.5. The highest BCUT2D eigenvalue weighted by atomic mass is 16.4. The van der Waals surface area contributed by atoms with Gasteiger partial charge in [0.25, 0.3) is 0 Å². The minimum absolute atomic E-state index is 0.289. The summed E-state index contributed by atoms with van der Waals surface area (Å²) in [6, 6.07) is 10.6. The highest BCUT2D eigenvalue weighted by Gasteiger charge is 2.28. The van der Waals surface area contributed by atoms with Crippen molar-refractivity contribution in [3.8, 4) is 0 Å². The van der Waals surface area contributed by atoms with Crippen molar-refractivity contribution < 1.29 is 9.90 Å². The molecular formula is C15H21NO2. The third kappa shape index (κ3) is 3.57. The molecule has 1 aliphatic rings. The van der Waals surface area contributed by atoms with Crippen molar-refractivity contribution in [3.05, 3.63) is 35.9 Å². The van der Waals surface area contributed by atoms with Gasteiger partial charge in [0.1, 0.15) is 0 Å². The lowest BCUT2D eigenvalue weighted by molar-refractivity contribution is -0.137. The van der Waals surface area contributed by atoms with Crippen LogP contribution in [0, 0.1) is 5.92 Å². The first-order chi connectivity index (χ1) is 8.65. The van der Waals surface area contributed by atoms with Gasteiger partial charge in [-0.3, -0.25) is 4.79 Å². The van der Waals surface area contributed by atoms with Crippen LogP contribution in [-0.2, 0) is 4.79 Å². The van der Waals surface area contributed by atoms with Gasteiger partial charge in [0, 0.05) is 32.0 Å². The van der Waals surface area contributed by atoms with Crippen LogP contribution in [-0.4, -0.2) is 35.6 Å². The Labute approximate surface area is 108 Å². The topological polar surface area (TPSA) is 40.5 Å². The predicted octanol–water partition coefficient (Wildman–Crippen LogP) is 2.59. The van der Waals surface area contributed by atoms with E-state index in [1.165, 1.54) is 5.56 Å². The van der Waals surface area contributed by atoms with Gasteiger partial charge in [-0.05, 0) is 17.9 Å². The lowest BCUT2D eigenvalue weighted by atomic mass is 9.90. The molecule has 1 saturated heterocycles. The zero-order valence-electron chi connectivity index (χ0n) is 10.9. The minimum Gasteiger partial charge on any atom is -0.481 e. The smallest absolute Gasteiger partial charge is 0.303 e. The fourth-order valence-corrected chi connectivity index (χ4v) is 2.56. The molecule has 0 saturated carbocycles. The number of carbonyl (C=O) groups is 1. The Hall–Kier alpha value is -1.35. The molecule has 1 fully saturated rings. The van der Waals surface area contributed by atoms with E-state index >= 15 is 0 Å². The third-order valence-corrected chi connectivity index (χ3v) is 3.65. The first-order valence-electron chi connectivity index (χ1n) is 6.64. The van der Waals surface area contributed by atoms with E-state index < -0.39 is 5.97 Å². The number of carboxylic acids is 1. The number of carboxylic acid groups (broad SMARTS) is 1. The van der Waals surface area contributed by atoms with Crippen LogP contribution < -0.4 is 0 Å². The summed E-state index contributed by atoms with van der Waals surface area (Å²) < 4.78 is 0. The summed E-state index contributed by atoms with van der Waals surface area (Å²) in [6.45, 7) is 5.39. The van der Waals surface area contributed by atoms with E-state index in [0.717, 1.165) is 26.1 Å². The van der Waals surface area contributed by atoms with Crippen LogP contribution in [0.25, 0.3) is 0 Å². The first kappa shape index (κ1) is 13.1. The molecule has 1 atom stereocenters. The Kier molecular flexibility index (Phi) is 4.37. The van der Waals surface area contributed by atoms with Crippen LogP contribution in [0.4, 0.5) is 0 Å². The zero-order valence-corrected chi connectivity index (χ0v) is 10.9. The van der Waals surface area contributed by atoms with E-state index in [1.807, 2.05) is 6.07 Å². The van der Waals surface area contributed by atoms with Gasteiger partial charge in [-0.25, -0.2) is 0 Å². The summed E-state index contributed by atoms with van der Waals surface area (Å²) in [5.41, 5.74) is 1.42. The molecule has 18 heavy (non-hydrogen) atoms. The van der Waals surface area contributed by atoms with E-state index in [4.69, 9.17) is 5.11 Å². The van der Waals surface area contributed by atoms with E-state index in [2.05, 4.69) is 36.1 Å². The molecule has 0 amide bonds. The molecule has 98 valence electrons. The molecule has 0 aromatic heterocycles. The van der Waals surface area contributed by atoms with Crippen LogP contribution in [0.1, 0.15) is 31.2 Å². The molecule has 3 heteroatoms. The fraction of sp³-hybridized carbons (Fsp3) is 0.533. The molecule has 1 unspecified atom stereocenters. The SMILES string of the molecule is CC(CCC(=O)O)CN1CC(c2ccccc2)C1. The second-order valence-corrected chi connectivity index (χ2v) is 5.36. The summed E-state index contributed by atoms with van der Waals surface area (Å²) >= 11 is 0. The standard InChI is InChI=1S/C15H21NO2/c1-12(7-8-15(17)18)9-16-10-14(11-16)13-5-3-2-4-6-13/h2-6,12,14H,7-11H2,1H3,(H,17,18). The van der Waals surface area contributed by atoms with E-state index in [9.17, 15) is 4.79 Å². The van der Waals surface area contributed by atoms with E-state index in [1.54, 1.807) is 0 Å². The van der Waals surface area contributed by atoms with Crippen molar-refractivity contribution in [2.45, 2.75) is 25.7 Å². The Morgan fingerprint density at radius 1 is 1.39 bits per heavy atom. The minimum atomic E-state index is -0.687. The maximum absolute atomic E-state index is 10.5. The van der Waals surface area contributed by atoms with E-state index in [-0.39, 0.29) is 6.42 Å². The quantitative estimate of drug-likeness (QED) is 0.840. The Bertz CT molecular complexity index is 385. The summed E-state index contributed by atoms with van der Waals surface area (Å²) in [5.74, 6) is 0.448. The average molecular weight is 247 g/mol. The van der Waals surface area contributed by atoms with Crippen LogP contribution in [0.2, 0.25) is 0 Å². The molecular weight excluding hydrogens is 226 g/mol. The molecule has 1 aromatic rings. The number of nitrogens with zero attached hydrogens (tertiary/aromatic N) is 1. The lowest BCUT2D eigenvalue weighted by Gasteiger charge is -2.41. The number of aliphatic carboxylic acids is 1. The van der Waals surface area contributed by atoms with Crippen LogP contribution in [0.15, 0.2) is 30.3 Å². The van der Waals surface area contributed by atoms with Crippen molar-refractivity contribution in [1.29, 1.82) is 0 Å². The number of likely N-dealkylation sites (tertiary alicyclic amines) is 1. The molecule has 1 aromatic carbocycles. The van der Waals surface area contributed by atoms with Crippen molar-refractivity contribution >= 4 is 5.97 Å². The fourth-order valence-electron chi connectivity index (χ4n) is 2.56. The second-order valence-electron chi connectivity index (χ2n) is 5.36. The first-order valence-corrected chi connectivity index (χ1v) is 6.64. The van der Waals surface area contributed by atoms with Gasteiger partial charge >= 0.3 is 5.97 Å². The normalized spacial score (nSPS) is 18.3. The molecule has 0 radical (unpaired) electrons. The van der Waals surface area contributed by atoms with E-state index in [0.29, 0.717) is 11.8 Å². The average Bonchev–Trinajstić information content (AvgIpc) is 2.32. The molecule has 1 N–H and O–H groups in total.